The van der Waals surface area contributed by atoms with E-state index in [1.54, 1.807) is 6.92 Å². The van der Waals surface area contributed by atoms with E-state index in [1.807, 2.05) is 6.92 Å². The number of aryl methyl sites for hydroxylation is 1. The van der Waals surface area contributed by atoms with Gasteiger partial charge in [0.15, 0.2) is 0 Å². The molecule has 0 radical (unpaired) electrons. The molecule has 1 aromatic rings. The Balaban J connectivity index is 2.20. The van der Waals surface area contributed by atoms with Crippen molar-refractivity contribution in [3.8, 4) is 0 Å². The van der Waals surface area contributed by atoms with Crippen molar-refractivity contribution in [2.75, 3.05) is 0 Å². The van der Waals surface area contributed by atoms with Crippen molar-refractivity contribution in [2.24, 2.45) is 0 Å². The van der Waals surface area contributed by atoms with Gasteiger partial charge < -0.3 is 0 Å². The highest BCUT2D eigenvalue weighted by atomic mass is 32.2. The fraction of sp³-hybridized carbons (Fsp3) is 0.455. The fourth-order valence-corrected chi connectivity index (χ4v) is 3.34. The largest absolute Gasteiger partial charge is 0.253 e. The molecule has 7 heteroatoms. The lowest BCUT2D eigenvalue weighted by atomic mass is 10.2. The van der Waals surface area contributed by atoms with Crippen molar-refractivity contribution >= 4 is 10.0 Å². The molecule has 2 rings (SSSR count). The smallest absolute Gasteiger partial charge is 0.242 e. The maximum Gasteiger partial charge on any atom is 0.242 e. The third-order valence-corrected chi connectivity index (χ3v) is 4.45. The summed E-state index contributed by atoms with van der Waals surface area (Å²) in [5.41, 5.74) is 6.17. The Hall–Kier alpha value is -1.02. The molecule has 2 unspecified atom stereocenters. The highest BCUT2D eigenvalue weighted by molar-refractivity contribution is 7.89. The first-order valence-corrected chi connectivity index (χ1v) is 7.16. The lowest BCUT2D eigenvalue weighted by molar-refractivity contribution is 0.505. The van der Waals surface area contributed by atoms with Gasteiger partial charge in [-0.1, -0.05) is 0 Å². The highest BCUT2D eigenvalue weighted by Crippen LogP contribution is 2.17. The fourth-order valence-electron chi connectivity index (χ4n) is 1.96. The van der Waals surface area contributed by atoms with Gasteiger partial charge in [0.05, 0.1) is 11.1 Å². The minimum Gasteiger partial charge on any atom is -0.253 e. The predicted octanol–water partition coefficient (Wildman–Crippen LogP) is 0.625. The van der Waals surface area contributed by atoms with E-state index in [9.17, 15) is 12.8 Å². The van der Waals surface area contributed by atoms with Gasteiger partial charge in [0.2, 0.25) is 10.0 Å². The molecule has 0 saturated carbocycles. The Morgan fingerprint density at radius 3 is 2.67 bits per heavy atom. The molecule has 2 atom stereocenters. The third-order valence-electron chi connectivity index (χ3n) is 2.82. The quantitative estimate of drug-likeness (QED) is 0.755. The van der Waals surface area contributed by atoms with E-state index in [1.165, 1.54) is 12.1 Å². The summed E-state index contributed by atoms with van der Waals surface area (Å²) < 4.78 is 39.7. The summed E-state index contributed by atoms with van der Waals surface area (Å²) in [5.74, 6) is -0.444. The molecule has 0 aliphatic carbocycles. The van der Waals surface area contributed by atoms with E-state index < -0.39 is 15.8 Å². The molecule has 1 saturated heterocycles. The van der Waals surface area contributed by atoms with E-state index in [0.29, 0.717) is 12.0 Å². The van der Waals surface area contributed by atoms with Gasteiger partial charge in [-0.2, -0.15) is 4.72 Å². The van der Waals surface area contributed by atoms with Crippen LogP contribution in [0.4, 0.5) is 4.39 Å². The molecule has 1 heterocycles. The number of halogens is 1. The van der Waals surface area contributed by atoms with E-state index in [4.69, 9.17) is 0 Å². The molecule has 1 aromatic carbocycles. The molecule has 5 nitrogen and oxygen atoms in total. The van der Waals surface area contributed by atoms with Gasteiger partial charge in [0, 0.05) is 6.04 Å². The molecule has 100 valence electrons. The zero-order valence-electron chi connectivity index (χ0n) is 10.2. The van der Waals surface area contributed by atoms with Gasteiger partial charge in [-0.15, -0.1) is 0 Å². The maximum atomic E-state index is 13.0. The summed E-state index contributed by atoms with van der Waals surface area (Å²) in [6, 6.07) is 3.83. The van der Waals surface area contributed by atoms with Crippen LogP contribution in [0.3, 0.4) is 0 Å². The van der Waals surface area contributed by atoms with Crippen LogP contribution in [-0.4, -0.2) is 20.6 Å². The molecule has 0 bridgehead atoms. The van der Waals surface area contributed by atoms with E-state index >= 15 is 0 Å². The van der Waals surface area contributed by atoms with Gasteiger partial charge in [0.25, 0.3) is 0 Å². The average Bonchev–Trinajstić information content (AvgIpc) is 2.62. The molecule has 3 N–H and O–H groups in total. The number of hydrazine groups is 1. The summed E-state index contributed by atoms with van der Waals surface area (Å²) in [5, 5.41) is 0. The van der Waals surface area contributed by atoms with Crippen LogP contribution >= 0.6 is 0 Å². The normalized spacial score (nSPS) is 24.4. The zero-order valence-corrected chi connectivity index (χ0v) is 11.0. The summed E-state index contributed by atoms with van der Waals surface area (Å²) >= 11 is 0. The highest BCUT2D eigenvalue weighted by Gasteiger charge is 2.26. The predicted molar refractivity (Wildman–Crippen MR) is 65.6 cm³/mol. The van der Waals surface area contributed by atoms with Crippen molar-refractivity contribution < 1.29 is 12.8 Å². The Morgan fingerprint density at radius 1 is 1.39 bits per heavy atom. The molecule has 18 heavy (non-hydrogen) atoms. The Morgan fingerprint density at radius 2 is 2.11 bits per heavy atom. The van der Waals surface area contributed by atoms with Gasteiger partial charge in [-0.05, 0) is 44.0 Å². The number of nitrogens with one attached hydrogen (secondary N) is 3. The van der Waals surface area contributed by atoms with Crippen molar-refractivity contribution in [3.63, 3.8) is 0 Å². The molecule has 0 spiro atoms. The van der Waals surface area contributed by atoms with Gasteiger partial charge >= 0.3 is 0 Å². The van der Waals surface area contributed by atoms with Gasteiger partial charge in [-0.3, -0.25) is 5.43 Å². The van der Waals surface area contributed by atoms with Crippen molar-refractivity contribution in [2.45, 2.75) is 37.4 Å². The lowest BCUT2D eigenvalue weighted by Gasteiger charge is -2.14. The van der Waals surface area contributed by atoms with Crippen LogP contribution in [0.2, 0.25) is 0 Å². The van der Waals surface area contributed by atoms with Gasteiger partial charge in [0.1, 0.15) is 5.82 Å². The van der Waals surface area contributed by atoms with Crippen molar-refractivity contribution in [1.29, 1.82) is 0 Å². The van der Waals surface area contributed by atoms with Crippen LogP contribution < -0.4 is 15.6 Å². The van der Waals surface area contributed by atoms with Crippen LogP contribution in [-0.2, 0) is 10.0 Å². The van der Waals surface area contributed by atoms with Crippen molar-refractivity contribution in [3.05, 3.63) is 29.6 Å². The molecule has 0 aromatic heterocycles. The molecule has 0 amide bonds. The van der Waals surface area contributed by atoms with E-state index in [0.717, 1.165) is 6.07 Å². The van der Waals surface area contributed by atoms with Crippen LogP contribution in [0, 0.1) is 12.7 Å². The second-order valence-electron chi connectivity index (χ2n) is 4.51. The number of rotatable bonds is 3. The molecule has 1 fully saturated rings. The topological polar surface area (TPSA) is 70.2 Å². The summed E-state index contributed by atoms with van der Waals surface area (Å²) in [7, 11) is -3.63. The summed E-state index contributed by atoms with van der Waals surface area (Å²) in [6.07, 6.45) is 0.300. The molecule has 1 aliphatic heterocycles. The van der Waals surface area contributed by atoms with Crippen LogP contribution in [0.15, 0.2) is 23.1 Å². The first-order chi connectivity index (χ1) is 8.38. The first kappa shape index (κ1) is 13.4. The number of benzene rings is 1. The Labute approximate surface area is 106 Å². The minimum atomic E-state index is -3.63. The van der Waals surface area contributed by atoms with E-state index in [-0.39, 0.29) is 17.1 Å². The Bertz CT molecular complexity index is 547. The molecule has 1 aliphatic rings. The van der Waals surface area contributed by atoms with Gasteiger partial charge in [-0.25, -0.2) is 18.2 Å². The zero-order chi connectivity index (χ0) is 13.3. The molecular weight excluding hydrogens is 257 g/mol. The standard InChI is InChI=1S/C11H16FN3O2S/c1-7-5-9(12)3-4-10(7)18(16,17)15-11-6-8(2)13-14-11/h3-5,8,11,13-15H,6H2,1-2H3. The number of hydrogen-bond acceptors (Lipinski definition) is 4. The molecular formula is C11H16FN3O2S. The first-order valence-electron chi connectivity index (χ1n) is 5.68. The van der Waals surface area contributed by atoms with Crippen molar-refractivity contribution in [1.82, 2.24) is 15.6 Å². The second kappa shape index (κ2) is 4.93. The third kappa shape index (κ3) is 2.86. The Kier molecular flexibility index (Phi) is 3.67. The summed E-state index contributed by atoms with van der Waals surface area (Å²) in [4.78, 5) is 0.102. The SMILES string of the molecule is Cc1cc(F)ccc1S(=O)(=O)NC1CC(C)NN1. The van der Waals surface area contributed by atoms with Crippen LogP contribution in [0.25, 0.3) is 0 Å². The van der Waals surface area contributed by atoms with Crippen LogP contribution in [0.1, 0.15) is 18.9 Å². The number of sulfonamides is 1. The van der Waals surface area contributed by atoms with E-state index in [2.05, 4.69) is 15.6 Å². The minimum absolute atomic E-state index is 0.102. The second-order valence-corrected chi connectivity index (χ2v) is 6.19. The summed E-state index contributed by atoms with van der Waals surface area (Å²) in [6.45, 7) is 3.52. The van der Waals surface area contributed by atoms with Crippen LogP contribution in [0.5, 0.6) is 0 Å². The number of hydrogen-bond donors (Lipinski definition) is 3. The lowest BCUT2D eigenvalue weighted by Crippen LogP contribution is -2.44. The average molecular weight is 273 g/mol. The maximum absolute atomic E-state index is 13.0. The monoisotopic (exact) mass is 273 g/mol.